The Morgan fingerprint density at radius 1 is 1.50 bits per heavy atom. The van der Waals surface area contributed by atoms with Crippen LogP contribution in [0.15, 0.2) is 0 Å². The van der Waals surface area contributed by atoms with Gasteiger partial charge in [-0.25, -0.2) is 0 Å². The Bertz CT molecular complexity index is 227. The van der Waals surface area contributed by atoms with Gasteiger partial charge in [0.05, 0.1) is 0 Å². The van der Waals surface area contributed by atoms with Gasteiger partial charge in [0.2, 0.25) is 5.91 Å². The fraction of sp³-hybridized carbons (Fsp3) is 0.900. The molecule has 1 amide bonds. The molecule has 1 saturated heterocycles. The van der Waals surface area contributed by atoms with E-state index in [1.165, 1.54) is 12.8 Å². The van der Waals surface area contributed by atoms with Gasteiger partial charge in [0.15, 0.2) is 0 Å². The maximum Gasteiger partial charge on any atom is 0.238 e. The fourth-order valence-corrected chi connectivity index (χ4v) is 2.33. The van der Waals surface area contributed by atoms with Crippen LogP contribution in [0.25, 0.3) is 0 Å². The molecule has 2 fully saturated rings. The molecule has 1 saturated carbocycles. The number of rotatable bonds is 2. The van der Waals surface area contributed by atoms with E-state index in [-0.39, 0.29) is 11.9 Å². The molecule has 14 heavy (non-hydrogen) atoms. The Hall–Kier alpha value is -0.610. The lowest BCUT2D eigenvalue weighted by Crippen LogP contribution is -2.52. The van der Waals surface area contributed by atoms with E-state index >= 15 is 0 Å². The number of amides is 1. The largest absolute Gasteiger partial charge is 0.355 e. The number of nitrogens with zero attached hydrogens (tertiary/aromatic N) is 1. The van der Waals surface area contributed by atoms with Gasteiger partial charge >= 0.3 is 0 Å². The maximum atomic E-state index is 11.7. The average Bonchev–Trinajstić information content (AvgIpc) is 2.95. The molecule has 2 unspecified atom stereocenters. The van der Waals surface area contributed by atoms with Crippen molar-refractivity contribution in [2.24, 2.45) is 5.73 Å². The zero-order valence-electron chi connectivity index (χ0n) is 8.70. The quantitative estimate of drug-likeness (QED) is 0.638. The minimum absolute atomic E-state index is 0.0972. The van der Waals surface area contributed by atoms with E-state index in [4.69, 9.17) is 5.73 Å². The Labute approximate surface area is 84.8 Å². The fourth-order valence-electron chi connectivity index (χ4n) is 2.33. The second kappa shape index (κ2) is 3.87. The maximum absolute atomic E-state index is 11.7. The van der Waals surface area contributed by atoms with Gasteiger partial charge in [-0.3, -0.25) is 9.69 Å². The lowest BCUT2D eigenvalue weighted by atomic mass is 10.1. The van der Waals surface area contributed by atoms with Crippen LogP contribution in [0.3, 0.4) is 0 Å². The molecule has 2 atom stereocenters. The third-order valence-electron chi connectivity index (χ3n) is 3.22. The minimum Gasteiger partial charge on any atom is -0.355 e. The van der Waals surface area contributed by atoms with Gasteiger partial charge in [-0.2, -0.15) is 0 Å². The van der Waals surface area contributed by atoms with Crippen LogP contribution in [0.1, 0.15) is 26.2 Å². The average molecular weight is 197 g/mol. The molecule has 0 bridgehead atoms. The number of hydrogen-bond donors (Lipinski definition) is 2. The van der Waals surface area contributed by atoms with Gasteiger partial charge in [0.25, 0.3) is 0 Å². The van der Waals surface area contributed by atoms with Crippen LogP contribution in [0.2, 0.25) is 0 Å². The molecule has 0 aromatic carbocycles. The van der Waals surface area contributed by atoms with E-state index in [0.717, 1.165) is 13.0 Å². The number of nitrogens with two attached hydrogens (primary N) is 1. The highest BCUT2D eigenvalue weighted by Gasteiger charge is 2.40. The second-order valence-corrected chi connectivity index (χ2v) is 4.36. The zero-order chi connectivity index (χ0) is 10.1. The summed E-state index contributed by atoms with van der Waals surface area (Å²) in [6.07, 6.45) is 3.50. The summed E-state index contributed by atoms with van der Waals surface area (Å²) in [5.74, 6) is 0.115. The lowest BCUT2D eigenvalue weighted by Gasteiger charge is -2.32. The minimum atomic E-state index is -0.0972. The summed E-state index contributed by atoms with van der Waals surface area (Å²) in [5.41, 5.74) is 5.68. The van der Waals surface area contributed by atoms with E-state index in [0.29, 0.717) is 18.6 Å². The smallest absolute Gasteiger partial charge is 0.238 e. The molecule has 1 heterocycles. The van der Waals surface area contributed by atoms with Crippen molar-refractivity contribution in [3.8, 4) is 0 Å². The van der Waals surface area contributed by atoms with Crippen LogP contribution in [0, 0.1) is 0 Å². The molecule has 4 nitrogen and oxygen atoms in total. The highest BCUT2D eigenvalue weighted by molar-refractivity contribution is 5.82. The second-order valence-electron chi connectivity index (χ2n) is 4.36. The molecule has 0 spiro atoms. The predicted octanol–water partition coefficient (Wildman–Crippen LogP) is -0.313. The van der Waals surface area contributed by atoms with Crippen LogP contribution in [0.5, 0.6) is 0 Å². The molecule has 2 rings (SSSR count). The van der Waals surface area contributed by atoms with Crippen molar-refractivity contribution >= 4 is 5.91 Å². The van der Waals surface area contributed by atoms with Crippen LogP contribution in [0.4, 0.5) is 0 Å². The third kappa shape index (κ3) is 1.77. The van der Waals surface area contributed by atoms with Crippen LogP contribution >= 0.6 is 0 Å². The van der Waals surface area contributed by atoms with Crippen molar-refractivity contribution in [2.45, 2.75) is 44.3 Å². The topological polar surface area (TPSA) is 58.4 Å². The first-order valence-corrected chi connectivity index (χ1v) is 5.49. The van der Waals surface area contributed by atoms with Gasteiger partial charge in [0.1, 0.15) is 6.04 Å². The van der Waals surface area contributed by atoms with E-state index in [2.05, 4.69) is 17.1 Å². The molecule has 0 aromatic rings. The summed E-state index contributed by atoms with van der Waals surface area (Å²) in [5, 5.41) is 2.93. The van der Waals surface area contributed by atoms with Crippen molar-refractivity contribution in [3.05, 3.63) is 0 Å². The van der Waals surface area contributed by atoms with E-state index in [1.807, 2.05) is 0 Å². The standard InChI is InChI=1S/C10H19N3O/c1-7-4-5-12-10(14)9(6-11)13(7)8-2-3-8/h7-9H,2-6,11H2,1H3,(H,12,14). The molecule has 80 valence electrons. The zero-order valence-corrected chi connectivity index (χ0v) is 8.70. The van der Waals surface area contributed by atoms with Crippen molar-refractivity contribution < 1.29 is 4.79 Å². The number of hydrogen-bond acceptors (Lipinski definition) is 3. The van der Waals surface area contributed by atoms with Gasteiger partial charge in [-0.1, -0.05) is 0 Å². The van der Waals surface area contributed by atoms with E-state index < -0.39 is 0 Å². The predicted molar refractivity (Wildman–Crippen MR) is 54.8 cm³/mol. The molecule has 0 aromatic heterocycles. The molecular weight excluding hydrogens is 178 g/mol. The van der Waals surface area contributed by atoms with Crippen LogP contribution < -0.4 is 11.1 Å². The van der Waals surface area contributed by atoms with E-state index in [1.54, 1.807) is 0 Å². The molecule has 4 heteroatoms. The van der Waals surface area contributed by atoms with Crippen LogP contribution in [-0.4, -0.2) is 42.0 Å². The van der Waals surface area contributed by atoms with Gasteiger partial charge in [-0.05, 0) is 26.2 Å². The summed E-state index contributed by atoms with van der Waals surface area (Å²) >= 11 is 0. The molecule has 0 radical (unpaired) electrons. The Kier molecular flexibility index (Phi) is 2.74. The highest BCUT2D eigenvalue weighted by atomic mass is 16.2. The summed E-state index contributed by atoms with van der Waals surface area (Å²) in [6.45, 7) is 3.42. The van der Waals surface area contributed by atoms with Crippen LogP contribution in [-0.2, 0) is 4.79 Å². The first-order valence-electron chi connectivity index (χ1n) is 5.49. The monoisotopic (exact) mass is 197 g/mol. The highest BCUT2D eigenvalue weighted by Crippen LogP contribution is 2.31. The van der Waals surface area contributed by atoms with Crippen molar-refractivity contribution in [3.63, 3.8) is 0 Å². The molecule has 2 aliphatic rings. The Balaban J connectivity index is 2.14. The van der Waals surface area contributed by atoms with Gasteiger partial charge < -0.3 is 11.1 Å². The number of carbonyl (C=O) groups excluding carboxylic acids is 1. The van der Waals surface area contributed by atoms with Gasteiger partial charge in [-0.15, -0.1) is 0 Å². The van der Waals surface area contributed by atoms with Crippen molar-refractivity contribution in [1.29, 1.82) is 0 Å². The van der Waals surface area contributed by atoms with Crippen molar-refractivity contribution in [2.75, 3.05) is 13.1 Å². The number of nitrogens with one attached hydrogen (secondary N) is 1. The normalized spacial score (nSPS) is 35.1. The summed E-state index contributed by atoms with van der Waals surface area (Å²) < 4.78 is 0. The Morgan fingerprint density at radius 3 is 2.79 bits per heavy atom. The summed E-state index contributed by atoms with van der Waals surface area (Å²) in [6, 6.07) is 0.998. The Morgan fingerprint density at radius 2 is 2.21 bits per heavy atom. The van der Waals surface area contributed by atoms with Gasteiger partial charge in [0, 0.05) is 25.2 Å². The molecule has 1 aliphatic heterocycles. The molecule has 3 N–H and O–H groups in total. The number of carbonyl (C=O) groups is 1. The first-order chi connectivity index (χ1) is 6.74. The third-order valence-corrected chi connectivity index (χ3v) is 3.22. The van der Waals surface area contributed by atoms with Crippen molar-refractivity contribution in [1.82, 2.24) is 10.2 Å². The lowest BCUT2D eigenvalue weighted by molar-refractivity contribution is -0.125. The SMILES string of the molecule is CC1CCNC(=O)C(CN)N1C1CC1. The molecule has 1 aliphatic carbocycles. The summed E-state index contributed by atoms with van der Waals surface area (Å²) in [7, 11) is 0. The first kappa shape index (κ1) is 9.93. The summed E-state index contributed by atoms with van der Waals surface area (Å²) in [4.78, 5) is 14.0. The molecular formula is C10H19N3O. The van der Waals surface area contributed by atoms with E-state index in [9.17, 15) is 4.79 Å².